The first kappa shape index (κ1) is 16.3. The van der Waals surface area contributed by atoms with Gasteiger partial charge in [-0.3, -0.25) is 9.59 Å². The van der Waals surface area contributed by atoms with E-state index in [0.717, 1.165) is 6.42 Å². The first-order valence-electron chi connectivity index (χ1n) is 6.29. The lowest BCUT2D eigenvalue weighted by Gasteiger charge is -2.26. The van der Waals surface area contributed by atoms with Crippen LogP contribution in [0.25, 0.3) is 0 Å². The summed E-state index contributed by atoms with van der Waals surface area (Å²) in [5.41, 5.74) is 0. The molecular formula is C13H24O4. The molecule has 0 spiro atoms. The molecule has 0 aliphatic carbocycles. The number of Topliss-reactive ketones (excluding diaryl/α,β-unsaturated/α-hetero) is 2. The molecule has 4 nitrogen and oxygen atoms in total. The molecule has 0 saturated heterocycles. The largest absolute Gasteiger partial charge is 0.393 e. The number of carbonyl (C=O) groups excluding carboxylic acids is 2. The average molecular weight is 244 g/mol. The first-order valence-corrected chi connectivity index (χ1v) is 6.29. The van der Waals surface area contributed by atoms with Crippen molar-refractivity contribution in [3.8, 4) is 0 Å². The summed E-state index contributed by atoms with van der Waals surface area (Å²) in [5.74, 6) is -0.734. The SMILES string of the molecule is CCCC(O)C(CC)C(O)CC(=O)CC(C)=O. The molecule has 0 aliphatic rings. The van der Waals surface area contributed by atoms with E-state index in [1.807, 2.05) is 13.8 Å². The topological polar surface area (TPSA) is 74.6 Å². The van der Waals surface area contributed by atoms with Crippen LogP contribution in [0.15, 0.2) is 0 Å². The number of hydrogen-bond acceptors (Lipinski definition) is 4. The van der Waals surface area contributed by atoms with Crippen molar-refractivity contribution >= 4 is 11.6 Å². The standard InChI is InChI=1S/C13H24O4/c1-4-6-12(16)11(5-2)13(17)8-10(15)7-9(3)14/h11-13,16-17H,4-8H2,1-3H3. The van der Waals surface area contributed by atoms with Crippen LogP contribution in [-0.4, -0.2) is 34.0 Å². The fourth-order valence-corrected chi connectivity index (χ4v) is 2.04. The van der Waals surface area contributed by atoms with E-state index in [1.165, 1.54) is 6.92 Å². The zero-order valence-electron chi connectivity index (χ0n) is 11.0. The molecule has 0 rings (SSSR count). The van der Waals surface area contributed by atoms with Gasteiger partial charge in [0, 0.05) is 12.3 Å². The smallest absolute Gasteiger partial charge is 0.142 e. The highest BCUT2D eigenvalue weighted by Gasteiger charge is 2.26. The monoisotopic (exact) mass is 244 g/mol. The van der Waals surface area contributed by atoms with Crippen molar-refractivity contribution < 1.29 is 19.8 Å². The van der Waals surface area contributed by atoms with Crippen LogP contribution in [-0.2, 0) is 9.59 Å². The van der Waals surface area contributed by atoms with Crippen molar-refractivity contribution in [2.45, 2.75) is 65.1 Å². The third-order valence-electron chi connectivity index (χ3n) is 2.93. The molecule has 0 aromatic rings. The number of aliphatic hydroxyl groups excluding tert-OH is 2. The fourth-order valence-electron chi connectivity index (χ4n) is 2.04. The van der Waals surface area contributed by atoms with Gasteiger partial charge in [0.15, 0.2) is 0 Å². The minimum atomic E-state index is -0.853. The summed E-state index contributed by atoms with van der Waals surface area (Å²) in [6.07, 6.45) is 0.479. The van der Waals surface area contributed by atoms with E-state index < -0.39 is 12.2 Å². The lowest BCUT2D eigenvalue weighted by Crippen LogP contribution is -2.33. The lowest BCUT2D eigenvalue weighted by molar-refractivity contribution is -0.128. The minimum absolute atomic E-state index is 0.0428. The van der Waals surface area contributed by atoms with Crippen molar-refractivity contribution in [2.24, 2.45) is 5.92 Å². The van der Waals surface area contributed by atoms with E-state index in [1.54, 1.807) is 0 Å². The molecular weight excluding hydrogens is 220 g/mol. The van der Waals surface area contributed by atoms with Crippen LogP contribution in [0.2, 0.25) is 0 Å². The molecule has 17 heavy (non-hydrogen) atoms. The molecule has 0 radical (unpaired) electrons. The summed E-state index contributed by atoms with van der Waals surface area (Å²) in [6.45, 7) is 5.19. The number of aliphatic hydroxyl groups is 2. The molecule has 0 aromatic heterocycles. The molecule has 2 N–H and O–H groups in total. The van der Waals surface area contributed by atoms with Crippen LogP contribution in [0.5, 0.6) is 0 Å². The number of ketones is 2. The number of hydrogen-bond donors (Lipinski definition) is 2. The summed E-state index contributed by atoms with van der Waals surface area (Å²) >= 11 is 0. The fraction of sp³-hybridized carbons (Fsp3) is 0.846. The lowest BCUT2D eigenvalue weighted by atomic mass is 9.87. The van der Waals surface area contributed by atoms with Gasteiger partial charge >= 0.3 is 0 Å². The molecule has 0 aliphatic heterocycles. The van der Waals surface area contributed by atoms with Gasteiger partial charge in [-0.15, -0.1) is 0 Å². The van der Waals surface area contributed by atoms with E-state index in [-0.39, 0.29) is 30.3 Å². The normalized spacial score (nSPS) is 16.3. The number of rotatable bonds is 9. The first-order chi connectivity index (χ1) is 7.92. The highest BCUT2D eigenvalue weighted by atomic mass is 16.3. The Hall–Kier alpha value is -0.740. The molecule has 0 bridgehead atoms. The van der Waals surface area contributed by atoms with Crippen molar-refractivity contribution in [1.82, 2.24) is 0 Å². The van der Waals surface area contributed by atoms with Crippen LogP contribution in [0.3, 0.4) is 0 Å². The molecule has 0 heterocycles. The Morgan fingerprint density at radius 2 is 1.71 bits per heavy atom. The van der Waals surface area contributed by atoms with Gasteiger partial charge in [0.1, 0.15) is 11.6 Å². The van der Waals surface area contributed by atoms with Gasteiger partial charge in [-0.05, 0) is 19.8 Å². The van der Waals surface area contributed by atoms with Crippen LogP contribution in [0.1, 0.15) is 52.9 Å². The molecule has 3 atom stereocenters. The Morgan fingerprint density at radius 1 is 1.12 bits per heavy atom. The molecule has 100 valence electrons. The molecule has 0 aromatic carbocycles. The van der Waals surface area contributed by atoms with Crippen molar-refractivity contribution in [3.63, 3.8) is 0 Å². The Labute approximate surface area is 103 Å². The maximum atomic E-state index is 11.4. The molecule has 0 fully saturated rings. The van der Waals surface area contributed by atoms with Gasteiger partial charge in [-0.25, -0.2) is 0 Å². The van der Waals surface area contributed by atoms with E-state index in [2.05, 4.69) is 0 Å². The Balaban J connectivity index is 4.29. The van der Waals surface area contributed by atoms with Gasteiger partial charge in [0.05, 0.1) is 18.6 Å². The molecule has 3 unspecified atom stereocenters. The second-order valence-electron chi connectivity index (χ2n) is 4.62. The number of carbonyl (C=O) groups is 2. The third-order valence-corrected chi connectivity index (χ3v) is 2.93. The highest BCUT2D eigenvalue weighted by Crippen LogP contribution is 2.20. The Morgan fingerprint density at radius 3 is 2.12 bits per heavy atom. The van der Waals surface area contributed by atoms with Gasteiger partial charge in [-0.1, -0.05) is 20.3 Å². The van der Waals surface area contributed by atoms with Crippen molar-refractivity contribution in [2.75, 3.05) is 0 Å². The summed E-state index contributed by atoms with van der Waals surface area (Å²) < 4.78 is 0. The summed E-state index contributed by atoms with van der Waals surface area (Å²) in [5, 5.41) is 19.7. The molecule has 0 amide bonds. The minimum Gasteiger partial charge on any atom is -0.393 e. The Kier molecular flexibility index (Phi) is 8.00. The van der Waals surface area contributed by atoms with Gasteiger partial charge < -0.3 is 10.2 Å². The predicted molar refractivity (Wildman–Crippen MR) is 65.6 cm³/mol. The van der Waals surface area contributed by atoms with Crippen molar-refractivity contribution in [1.29, 1.82) is 0 Å². The summed E-state index contributed by atoms with van der Waals surface area (Å²) in [7, 11) is 0. The van der Waals surface area contributed by atoms with E-state index >= 15 is 0 Å². The quantitative estimate of drug-likeness (QED) is 0.602. The second-order valence-corrected chi connectivity index (χ2v) is 4.62. The zero-order valence-corrected chi connectivity index (χ0v) is 11.0. The predicted octanol–water partition coefficient (Wildman–Crippen LogP) is 1.47. The highest BCUT2D eigenvalue weighted by molar-refractivity contribution is 5.98. The third kappa shape index (κ3) is 6.54. The van der Waals surface area contributed by atoms with Crippen LogP contribution in [0, 0.1) is 5.92 Å². The summed E-state index contributed by atoms with van der Waals surface area (Å²) in [4.78, 5) is 22.2. The molecule has 0 saturated carbocycles. The van der Waals surface area contributed by atoms with E-state index in [4.69, 9.17) is 0 Å². The van der Waals surface area contributed by atoms with Gasteiger partial charge in [0.2, 0.25) is 0 Å². The molecule has 4 heteroatoms. The second kappa shape index (κ2) is 8.37. The van der Waals surface area contributed by atoms with Gasteiger partial charge in [0.25, 0.3) is 0 Å². The van der Waals surface area contributed by atoms with Crippen molar-refractivity contribution in [3.05, 3.63) is 0 Å². The maximum absolute atomic E-state index is 11.4. The van der Waals surface area contributed by atoms with Crippen LogP contribution in [0.4, 0.5) is 0 Å². The van der Waals surface area contributed by atoms with Crippen LogP contribution >= 0.6 is 0 Å². The van der Waals surface area contributed by atoms with E-state index in [9.17, 15) is 19.8 Å². The summed E-state index contributed by atoms with van der Waals surface area (Å²) in [6, 6.07) is 0. The van der Waals surface area contributed by atoms with E-state index in [0.29, 0.717) is 12.8 Å². The van der Waals surface area contributed by atoms with Crippen LogP contribution < -0.4 is 0 Å². The Bertz CT molecular complexity index is 250. The average Bonchev–Trinajstić information content (AvgIpc) is 2.17. The zero-order chi connectivity index (χ0) is 13.4. The maximum Gasteiger partial charge on any atom is 0.142 e. The van der Waals surface area contributed by atoms with Gasteiger partial charge in [-0.2, -0.15) is 0 Å².